The first-order valence-electron chi connectivity index (χ1n) is 11.0. The molecule has 1 fully saturated rings. The molecule has 1 saturated heterocycles. The lowest BCUT2D eigenvalue weighted by Crippen LogP contribution is -2.33. The zero-order chi connectivity index (χ0) is 25.0. The molecule has 186 valence electrons. The second kappa shape index (κ2) is 10.8. The van der Waals surface area contributed by atoms with Crippen molar-refractivity contribution in [1.29, 1.82) is 0 Å². The summed E-state index contributed by atoms with van der Waals surface area (Å²) in [5, 5.41) is 9.67. The minimum Gasteiger partial charge on any atom is -0.508 e. The van der Waals surface area contributed by atoms with E-state index < -0.39 is 10.0 Å². The second-order valence-corrected chi connectivity index (χ2v) is 10.4. The summed E-state index contributed by atoms with van der Waals surface area (Å²) in [6.45, 7) is 5.54. The van der Waals surface area contributed by atoms with Crippen molar-refractivity contribution in [1.82, 2.24) is 9.21 Å². The number of rotatable bonds is 10. The van der Waals surface area contributed by atoms with E-state index in [1.54, 1.807) is 25.8 Å². The number of aromatic hydroxyl groups is 1. The number of phenolic OH excluding ortho intramolecular Hbond substituents is 1. The first kappa shape index (κ1) is 26.1. The molecule has 0 atom stereocenters. The lowest BCUT2D eigenvalue weighted by atomic mass is 10.1. The Morgan fingerprint density at radius 1 is 1.09 bits per heavy atom. The fourth-order valence-electron chi connectivity index (χ4n) is 3.73. The summed E-state index contributed by atoms with van der Waals surface area (Å²) in [5.74, 6) is -0.186. The number of benzene rings is 2. The van der Waals surface area contributed by atoms with Crippen molar-refractivity contribution in [2.24, 2.45) is 0 Å². The Labute approximate surface area is 200 Å². The van der Waals surface area contributed by atoms with Crippen LogP contribution in [0.15, 0.2) is 41.3 Å². The Hall–Kier alpha value is -2.50. The highest BCUT2D eigenvalue weighted by molar-refractivity contribution is 7.89. The van der Waals surface area contributed by atoms with Gasteiger partial charge in [0.05, 0.1) is 11.5 Å². The molecule has 0 spiro atoms. The first-order chi connectivity index (χ1) is 16.0. The van der Waals surface area contributed by atoms with Crippen molar-refractivity contribution in [3.05, 3.63) is 58.7 Å². The van der Waals surface area contributed by atoms with Crippen molar-refractivity contribution < 1.29 is 32.5 Å². The van der Waals surface area contributed by atoms with Crippen LogP contribution >= 0.6 is 0 Å². The molecule has 2 aromatic carbocycles. The van der Waals surface area contributed by atoms with Crippen LogP contribution in [-0.4, -0.2) is 68.8 Å². The topological polar surface area (TPSA) is 106 Å². The van der Waals surface area contributed by atoms with Crippen LogP contribution in [0.3, 0.4) is 0 Å². The Bertz CT molecular complexity index is 1090. The summed E-state index contributed by atoms with van der Waals surface area (Å²) in [6.07, 6.45) is -0.519. The van der Waals surface area contributed by atoms with Gasteiger partial charge in [0.15, 0.2) is 12.6 Å². The van der Waals surface area contributed by atoms with Crippen LogP contribution in [0.2, 0.25) is 0 Å². The smallest absolute Gasteiger partial charge is 0.248 e. The van der Waals surface area contributed by atoms with Gasteiger partial charge in [-0.15, -0.1) is 0 Å². The molecule has 10 heteroatoms. The normalized spacial score (nSPS) is 18.1. The number of likely N-dealkylation sites (N-methyl/N-ethyl adjacent to an activating group) is 2. The molecule has 0 unspecified atom stereocenters. The zero-order valence-corrected chi connectivity index (χ0v) is 21.0. The highest BCUT2D eigenvalue weighted by Crippen LogP contribution is 2.31. The minimum atomic E-state index is -3.76. The Kier molecular flexibility index (Phi) is 8.32. The van der Waals surface area contributed by atoms with E-state index in [2.05, 4.69) is 0 Å². The standard InChI is InChI=1S/C24H32N2O7S/c1-16-12-21(27)13-17(2)23(16)34(29,30)26(5)10-11-31-15-22(28)25(4)14-19-6-8-20(9-7-19)24-32-18(3)33-24/h6-9,12-13,18,24,27H,10-11,14-15H2,1-5H3. The lowest BCUT2D eigenvalue weighted by Gasteiger charge is -2.34. The third kappa shape index (κ3) is 6.13. The summed E-state index contributed by atoms with van der Waals surface area (Å²) >= 11 is 0. The monoisotopic (exact) mass is 492 g/mol. The molecule has 0 aromatic heterocycles. The summed E-state index contributed by atoms with van der Waals surface area (Å²) in [5.41, 5.74) is 2.82. The molecule has 0 aliphatic carbocycles. The van der Waals surface area contributed by atoms with Crippen molar-refractivity contribution >= 4 is 15.9 Å². The second-order valence-electron chi connectivity index (χ2n) is 8.45. The van der Waals surface area contributed by atoms with Crippen LogP contribution in [0, 0.1) is 13.8 Å². The number of hydrogen-bond donors (Lipinski definition) is 1. The van der Waals surface area contributed by atoms with E-state index in [4.69, 9.17) is 14.2 Å². The number of nitrogens with zero attached hydrogens (tertiary/aromatic N) is 2. The number of amides is 1. The van der Waals surface area contributed by atoms with E-state index in [0.717, 1.165) is 11.1 Å². The van der Waals surface area contributed by atoms with Gasteiger partial charge in [0.2, 0.25) is 15.9 Å². The van der Waals surface area contributed by atoms with Gasteiger partial charge in [-0.05, 0) is 49.6 Å². The zero-order valence-electron chi connectivity index (χ0n) is 20.1. The van der Waals surface area contributed by atoms with Crippen molar-refractivity contribution in [2.75, 3.05) is 33.9 Å². The van der Waals surface area contributed by atoms with Crippen LogP contribution in [0.4, 0.5) is 0 Å². The van der Waals surface area contributed by atoms with Crippen LogP contribution in [0.1, 0.15) is 35.5 Å². The van der Waals surface area contributed by atoms with E-state index >= 15 is 0 Å². The number of carbonyl (C=O) groups is 1. The van der Waals surface area contributed by atoms with E-state index in [9.17, 15) is 18.3 Å². The molecule has 1 heterocycles. The number of hydrogen-bond acceptors (Lipinski definition) is 7. The fraction of sp³-hybridized carbons (Fsp3) is 0.458. The molecule has 34 heavy (non-hydrogen) atoms. The average Bonchev–Trinajstić information content (AvgIpc) is 2.73. The maximum atomic E-state index is 12.9. The molecule has 0 radical (unpaired) electrons. The van der Waals surface area contributed by atoms with E-state index in [-0.39, 0.29) is 48.9 Å². The number of aryl methyl sites for hydroxylation is 2. The quantitative estimate of drug-likeness (QED) is 0.509. The van der Waals surface area contributed by atoms with Crippen molar-refractivity contribution in [2.45, 2.75) is 44.8 Å². The molecule has 0 saturated carbocycles. The first-order valence-corrected chi connectivity index (χ1v) is 12.4. The fourth-order valence-corrected chi connectivity index (χ4v) is 5.29. The molecule has 3 rings (SSSR count). The Morgan fingerprint density at radius 3 is 2.24 bits per heavy atom. The largest absolute Gasteiger partial charge is 0.508 e. The molecule has 1 aliphatic rings. The van der Waals surface area contributed by atoms with E-state index in [1.165, 1.54) is 23.5 Å². The third-order valence-electron chi connectivity index (χ3n) is 5.62. The molecule has 2 aromatic rings. The van der Waals surface area contributed by atoms with Crippen LogP contribution in [0.25, 0.3) is 0 Å². The van der Waals surface area contributed by atoms with Crippen LogP contribution < -0.4 is 0 Å². The van der Waals surface area contributed by atoms with Crippen LogP contribution in [-0.2, 0) is 35.6 Å². The Morgan fingerprint density at radius 2 is 1.68 bits per heavy atom. The summed E-state index contributed by atoms with van der Waals surface area (Å²) < 4.78 is 43.4. The summed E-state index contributed by atoms with van der Waals surface area (Å²) in [6, 6.07) is 10.5. The number of ether oxygens (including phenoxy) is 3. The van der Waals surface area contributed by atoms with Gasteiger partial charge in [-0.1, -0.05) is 24.3 Å². The van der Waals surface area contributed by atoms with Gasteiger partial charge in [-0.2, -0.15) is 4.31 Å². The molecule has 1 aliphatic heterocycles. The maximum absolute atomic E-state index is 12.9. The molecule has 9 nitrogen and oxygen atoms in total. The molecule has 1 amide bonds. The maximum Gasteiger partial charge on any atom is 0.248 e. The average molecular weight is 493 g/mol. The van der Waals surface area contributed by atoms with Crippen molar-refractivity contribution in [3.63, 3.8) is 0 Å². The molecular formula is C24H32N2O7S. The van der Waals surface area contributed by atoms with Gasteiger partial charge in [0.25, 0.3) is 0 Å². The molecule has 1 N–H and O–H groups in total. The minimum absolute atomic E-state index is 0.0227. The summed E-state index contributed by atoms with van der Waals surface area (Å²) in [4.78, 5) is 14.1. The predicted molar refractivity (Wildman–Crippen MR) is 126 cm³/mol. The number of sulfonamides is 1. The van der Waals surface area contributed by atoms with Gasteiger partial charge < -0.3 is 24.2 Å². The summed E-state index contributed by atoms with van der Waals surface area (Å²) in [7, 11) is -0.609. The highest BCUT2D eigenvalue weighted by Gasteiger charge is 2.28. The number of carbonyl (C=O) groups excluding carboxylic acids is 1. The van der Waals surface area contributed by atoms with Gasteiger partial charge in [0.1, 0.15) is 12.4 Å². The van der Waals surface area contributed by atoms with Gasteiger partial charge in [0, 0.05) is 32.7 Å². The van der Waals surface area contributed by atoms with E-state index in [0.29, 0.717) is 17.7 Å². The van der Waals surface area contributed by atoms with Gasteiger partial charge in [-0.3, -0.25) is 4.79 Å². The molecular weight excluding hydrogens is 460 g/mol. The SMILES string of the molecule is Cc1cc(O)cc(C)c1S(=O)(=O)N(C)CCOCC(=O)N(C)Cc1ccc(C2OC(C)O2)cc1. The third-order valence-corrected chi connectivity index (χ3v) is 7.78. The number of phenols is 1. The highest BCUT2D eigenvalue weighted by atomic mass is 32.2. The predicted octanol–water partition coefficient (Wildman–Crippen LogP) is 2.70. The Balaban J connectivity index is 1.44. The van der Waals surface area contributed by atoms with Gasteiger partial charge in [-0.25, -0.2) is 8.42 Å². The molecule has 0 bridgehead atoms. The van der Waals surface area contributed by atoms with Gasteiger partial charge >= 0.3 is 0 Å². The lowest BCUT2D eigenvalue weighted by molar-refractivity contribution is -0.382. The van der Waals surface area contributed by atoms with Crippen LogP contribution in [0.5, 0.6) is 5.75 Å². The van der Waals surface area contributed by atoms with E-state index in [1.807, 2.05) is 31.2 Å². The van der Waals surface area contributed by atoms with Crippen molar-refractivity contribution in [3.8, 4) is 5.75 Å².